The molecule has 1 aliphatic heterocycles. The highest BCUT2D eigenvalue weighted by atomic mass is 35.5. The zero-order valence-corrected chi connectivity index (χ0v) is 12.6. The predicted octanol–water partition coefficient (Wildman–Crippen LogP) is 1.34. The number of phenols is 1. The summed E-state index contributed by atoms with van der Waals surface area (Å²) in [6.07, 6.45) is 0. The van der Waals surface area contributed by atoms with Crippen molar-refractivity contribution in [2.75, 3.05) is 45.1 Å². The van der Waals surface area contributed by atoms with E-state index in [4.69, 9.17) is 11.6 Å². The molecular formula is C14H21ClN3O2+. The van der Waals surface area contributed by atoms with Crippen LogP contribution in [0.1, 0.15) is 5.56 Å². The van der Waals surface area contributed by atoms with E-state index < -0.39 is 0 Å². The lowest BCUT2D eigenvalue weighted by Crippen LogP contribution is -2.58. The zero-order valence-electron chi connectivity index (χ0n) is 11.9. The molecule has 1 fully saturated rings. The number of halogens is 1. The van der Waals surface area contributed by atoms with E-state index in [1.807, 2.05) is 0 Å². The molecule has 0 aliphatic carbocycles. The van der Waals surface area contributed by atoms with Crippen molar-refractivity contribution in [3.63, 3.8) is 0 Å². The Bertz CT molecular complexity index is 513. The molecule has 1 saturated heterocycles. The quantitative estimate of drug-likeness (QED) is 0.583. The summed E-state index contributed by atoms with van der Waals surface area (Å²) in [6.45, 7) is 5.89. The summed E-state index contributed by atoms with van der Waals surface area (Å²) < 4.78 is 0.708. The van der Waals surface area contributed by atoms with Crippen LogP contribution in [0.15, 0.2) is 12.1 Å². The third-order valence-electron chi connectivity index (χ3n) is 3.73. The molecule has 1 heterocycles. The number of likely N-dealkylation sites (N-methyl/N-ethyl adjacent to an activating group) is 1. The number of nitrogens with one attached hydrogen (secondary N) is 2. The first-order valence-electron chi connectivity index (χ1n) is 6.73. The number of phenolic OH excluding ortho intramolecular Hbond substituents is 1. The number of rotatable bonds is 3. The fourth-order valence-electron chi connectivity index (χ4n) is 2.40. The smallest absolute Gasteiger partial charge is 0.279 e. The van der Waals surface area contributed by atoms with Gasteiger partial charge in [-0.25, -0.2) is 0 Å². The summed E-state index contributed by atoms with van der Waals surface area (Å²) in [5, 5.41) is 16.4. The van der Waals surface area contributed by atoms with E-state index in [2.05, 4.69) is 17.7 Å². The van der Waals surface area contributed by atoms with E-state index in [1.54, 1.807) is 19.1 Å². The first kappa shape index (κ1) is 15.1. The molecule has 3 N–H and O–H groups in total. The molecule has 1 aromatic rings. The maximum absolute atomic E-state index is 12.1. The van der Waals surface area contributed by atoms with Gasteiger partial charge in [0.1, 0.15) is 5.75 Å². The summed E-state index contributed by atoms with van der Waals surface area (Å²) >= 11 is 6.01. The van der Waals surface area contributed by atoms with E-state index in [0.29, 0.717) is 21.7 Å². The molecule has 6 heteroatoms. The lowest BCUT2D eigenvalue weighted by atomic mass is 10.2. The van der Waals surface area contributed by atoms with Gasteiger partial charge in [-0.05, 0) is 24.6 Å². The molecule has 0 unspecified atom stereocenters. The van der Waals surface area contributed by atoms with Gasteiger partial charge in [-0.2, -0.15) is 0 Å². The number of nitrogens with zero attached hydrogens (tertiary/aromatic N) is 1. The van der Waals surface area contributed by atoms with Gasteiger partial charge < -0.3 is 20.2 Å². The number of carbonyl (C=O) groups is 1. The van der Waals surface area contributed by atoms with Crippen LogP contribution in [0.5, 0.6) is 5.75 Å². The number of anilines is 1. The Hall–Kier alpha value is -1.30. The van der Waals surface area contributed by atoms with Gasteiger partial charge in [0.25, 0.3) is 5.91 Å². The summed E-state index contributed by atoms with van der Waals surface area (Å²) in [7, 11) is 2.07. The number of hydrogen-bond acceptors (Lipinski definition) is 3. The third kappa shape index (κ3) is 3.62. The number of quaternary nitrogens is 1. The molecule has 5 nitrogen and oxygen atoms in total. The molecule has 0 radical (unpaired) electrons. The Morgan fingerprint density at radius 3 is 2.75 bits per heavy atom. The van der Waals surface area contributed by atoms with Crippen molar-refractivity contribution in [1.29, 1.82) is 0 Å². The molecule has 1 aromatic carbocycles. The standard InChI is InChI=1S/C14H20ClN3O2/c1-10-7-13(19)12(8-11(10)15)17-14(20)9-18(2)5-3-16-4-6-18/h7-8,16H,3-6,9H2,1-2H3,(H-,17,19,20)/p+1. The number of aryl methyl sites for hydroxylation is 1. The lowest BCUT2D eigenvalue weighted by Gasteiger charge is -2.37. The zero-order chi connectivity index (χ0) is 14.8. The lowest BCUT2D eigenvalue weighted by molar-refractivity contribution is -0.903. The van der Waals surface area contributed by atoms with Crippen molar-refractivity contribution in [3.8, 4) is 5.75 Å². The van der Waals surface area contributed by atoms with Crippen LogP contribution in [0.25, 0.3) is 0 Å². The van der Waals surface area contributed by atoms with Crippen LogP contribution in [0, 0.1) is 6.92 Å². The third-order valence-corrected chi connectivity index (χ3v) is 4.14. The molecule has 110 valence electrons. The molecule has 1 amide bonds. The number of amides is 1. The highest BCUT2D eigenvalue weighted by Crippen LogP contribution is 2.29. The predicted molar refractivity (Wildman–Crippen MR) is 80.1 cm³/mol. The minimum absolute atomic E-state index is 0.0446. The van der Waals surface area contributed by atoms with Crippen LogP contribution in [0.2, 0.25) is 5.02 Å². The molecular weight excluding hydrogens is 278 g/mol. The minimum Gasteiger partial charge on any atom is -0.506 e. The Balaban J connectivity index is 2.03. The van der Waals surface area contributed by atoms with Crippen molar-refractivity contribution < 1.29 is 14.4 Å². The first-order valence-corrected chi connectivity index (χ1v) is 7.11. The van der Waals surface area contributed by atoms with E-state index in [-0.39, 0.29) is 11.7 Å². The molecule has 0 bridgehead atoms. The Labute approximate surface area is 124 Å². The maximum atomic E-state index is 12.1. The van der Waals surface area contributed by atoms with Crippen LogP contribution < -0.4 is 10.6 Å². The van der Waals surface area contributed by atoms with Gasteiger partial charge in [-0.3, -0.25) is 4.79 Å². The van der Waals surface area contributed by atoms with Gasteiger partial charge in [0.15, 0.2) is 6.54 Å². The van der Waals surface area contributed by atoms with Crippen molar-refractivity contribution in [3.05, 3.63) is 22.7 Å². The molecule has 1 aliphatic rings. The topological polar surface area (TPSA) is 61.4 Å². The Kier molecular flexibility index (Phi) is 4.52. The molecule has 0 spiro atoms. The Morgan fingerprint density at radius 1 is 1.45 bits per heavy atom. The molecule has 0 saturated carbocycles. The van der Waals surface area contributed by atoms with Gasteiger partial charge in [0.05, 0.1) is 25.8 Å². The Morgan fingerprint density at radius 2 is 2.10 bits per heavy atom. The van der Waals surface area contributed by atoms with Crippen LogP contribution in [-0.2, 0) is 4.79 Å². The SMILES string of the molecule is Cc1cc(O)c(NC(=O)C[N+]2(C)CCNCC2)cc1Cl. The molecule has 0 aromatic heterocycles. The van der Waals surface area contributed by atoms with Crippen LogP contribution in [-0.4, -0.2) is 55.3 Å². The van der Waals surface area contributed by atoms with Gasteiger partial charge in [-0.15, -0.1) is 0 Å². The van der Waals surface area contributed by atoms with E-state index >= 15 is 0 Å². The fourth-order valence-corrected chi connectivity index (χ4v) is 2.56. The van der Waals surface area contributed by atoms with E-state index in [0.717, 1.165) is 31.7 Å². The van der Waals surface area contributed by atoms with Crippen molar-refractivity contribution in [2.24, 2.45) is 0 Å². The first-order chi connectivity index (χ1) is 9.39. The van der Waals surface area contributed by atoms with Crippen molar-refractivity contribution >= 4 is 23.2 Å². The summed E-state index contributed by atoms with van der Waals surface area (Å²) in [6, 6.07) is 3.14. The number of piperazine rings is 1. The molecule has 20 heavy (non-hydrogen) atoms. The van der Waals surface area contributed by atoms with Gasteiger partial charge in [-0.1, -0.05) is 11.6 Å². The van der Waals surface area contributed by atoms with Crippen molar-refractivity contribution in [1.82, 2.24) is 5.32 Å². The summed E-state index contributed by atoms with van der Waals surface area (Å²) in [5.74, 6) is -0.0622. The van der Waals surface area contributed by atoms with Gasteiger partial charge >= 0.3 is 0 Å². The summed E-state index contributed by atoms with van der Waals surface area (Å²) in [4.78, 5) is 12.1. The van der Waals surface area contributed by atoms with E-state index in [9.17, 15) is 9.90 Å². The molecule has 2 rings (SSSR count). The van der Waals surface area contributed by atoms with Crippen molar-refractivity contribution in [2.45, 2.75) is 6.92 Å². The average Bonchev–Trinajstić information content (AvgIpc) is 2.36. The fraction of sp³-hybridized carbons (Fsp3) is 0.500. The van der Waals surface area contributed by atoms with Crippen LogP contribution in [0.4, 0.5) is 5.69 Å². The van der Waals surface area contributed by atoms with Gasteiger partial charge in [0.2, 0.25) is 0 Å². The second-order valence-corrected chi connectivity index (χ2v) is 6.05. The highest BCUT2D eigenvalue weighted by molar-refractivity contribution is 6.31. The normalized spacial score (nSPS) is 17.8. The average molecular weight is 299 g/mol. The largest absolute Gasteiger partial charge is 0.506 e. The van der Waals surface area contributed by atoms with E-state index in [1.165, 1.54) is 0 Å². The van der Waals surface area contributed by atoms with Crippen LogP contribution >= 0.6 is 11.6 Å². The number of benzene rings is 1. The minimum atomic E-state index is -0.107. The monoisotopic (exact) mass is 298 g/mol. The number of carbonyl (C=O) groups excluding carboxylic acids is 1. The number of hydrogen-bond donors (Lipinski definition) is 3. The second kappa shape index (κ2) is 5.99. The molecule has 0 atom stereocenters. The van der Waals surface area contributed by atoms with Crippen LogP contribution in [0.3, 0.4) is 0 Å². The summed E-state index contributed by atoms with van der Waals surface area (Å²) in [5.41, 5.74) is 1.15. The second-order valence-electron chi connectivity index (χ2n) is 5.64. The van der Waals surface area contributed by atoms with Gasteiger partial charge in [0, 0.05) is 18.1 Å². The maximum Gasteiger partial charge on any atom is 0.279 e. The number of aromatic hydroxyl groups is 1. The highest BCUT2D eigenvalue weighted by Gasteiger charge is 2.27.